The Morgan fingerprint density at radius 2 is 1.79 bits per heavy atom. The molecule has 4 aromatic rings. The highest BCUT2D eigenvalue weighted by Crippen LogP contribution is 2.33. The molecular weight excluding hydrogens is 474 g/mol. The van der Waals surface area contributed by atoms with Crippen LogP contribution in [0.2, 0.25) is 5.02 Å². The monoisotopic (exact) mass is 493 g/mol. The van der Waals surface area contributed by atoms with Gasteiger partial charge in [-0.2, -0.15) is 0 Å². The highest BCUT2D eigenvalue weighted by atomic mass is 35.5. The molecule has 7 nitrogen and oxygen atoms in total. The van der Waals surface area contributed by atoms with Gasteiger partial charge in [0.05, 0.1) is 12.3 Å². The van der Waals surface area contributed by atoms with E-state index in [1.165, 1.54) is 11.8 Å². The average molecular weight is 494 g/mol. The van der Waals surface area contributed by atoms with Gasteiger partial charge in [-0.1, -0.05) is 53.7 Å². The number of carbonyl (C=O) groups excluding carboxylic acids is 1. The van der Waals surface area contributed by atoms with Crippen molar-refractivity contribution in [2.75, 3.05) is 12.5 Å². The van der Waals surface area contributed by atoms with Crippen LogP contribution in [0, 0.1) is 0 Å². The third-order valence-corrected chi connectivity index (χ3v) is 6.40. The Labute approximate surface area is 205 Å². The summed E-state index contributed by atoms with van der Waals surface area (Å²) in [4.78, 5) is 12.8. The van der Waals surface area contributed by atoms with Gasteiger partial charge in [0.15, 0.2) is 28.3 Å². The van der Waals surface area contributed by atoms with Crippen molar-refractivity contribution in [3.8, 4) is 17.2 Å². The fraction of sp³-hybridized carbons (Fsp3) is 0.160. The smallest absolute Gasteiger partial charge is 0.231 e. The second-order valence-electron chi connectivity index (χ2n) is 7.49. The number of thioether (sulfide) groups is 1. The summed E-state index contributed by atoms with van der Waals surface area (Å²) >= 11 is 7.30. The van der Waals surface area contributed by atoms with Crippen LogP contribution in [0.4, 0.5) is 0 Å². The standard InChI is InChI=1S/C25H20ClN3O4S/c26-19-7-9-20(10-8-19)31-14-24-27-28-25(29(24)13-17-4-2-1-3-5-17)34-15-21(30)18-6-11-22-23(12-18)33-16-32-22/h1-12H,13-16H2. The second-order valence-corrected chi connectivity index (χ2v) is 8.87. The number of benzene rings is 3. The second kappa shape index (κ2) is 10.2. The summed E-state index contributed by atoms with van der Waals surface area (Å²) in [7, 11) is 0. The topological polar surface area (TPSA) is 75.5 Å². The van der Waals surface area contributed by atoms with Crippen LogP contribution < -0.4 is 14.2 Å². The lowest BCUT2D eigenvalue weighted by Crippen LogP contribution is -2.10. The molecule has 0 saturated carbocycles. The fourth-order valence-electron chi connectivity index (χ4n) is 3.42. The SMILES string of the molecule is O=C(CSc1nnc(COc2ccc(Cl)cc2)n1Cc1ccccc1)c1ccc2c(c1)OCO2. The van der Waals surface area contributed by atoms with E-state index < -0.39 is 0 Å². The van der Waals surface area contributed by atoms with Crippen LogP contribution in [-0.2, 0) is 13.2 Å². The summed E-state index contributed by atoms with van der Waals surface area (Å²) in [5, 5.41) is 9.97. The number of carbonyl (C=O) groups is 1. The van der Waals surface area contributed by atoms with Crippen molar-refractivity contribution in [2.45, 2.75) is 18.3 Å². The summed E-state index contributed by atoms with van der Waals surface area (Å²) in [6.07, 6.45) is 0. The minimum atomic E-state index is -0.0310. The lowest BCUT2D eigenvalue weighted by molar-refractivity contribution is 0.102. The van der Waals surface area contributed by atoms with E-state index in [4.69, 9.17) is 25.8 Å². The first-order valence-corrected chi connectivity index (χ1v) is 11.9. The number of aromatic nitrogens is 3. The van der Waals surface area contributed by atoms with Gasteiger partial charge in [0.2, 0.25) is 6.79 Å². The Kier molecular flexibility index (Phi) is 6.69. The largest absolute Gasteiger partial charge is 0.486 e. The first kappa shape index (κ1) is 22.3. The zero-order chi connectivity index (χ0) is 23.3. The van der Waals surface area contributed by atoms with Gasteiger partial charge in [0.1, 0.15) is 12.4 Å². The van der Waals surface area contributed by atoms with Crippen LogP contribution in [0.3, 0.4) is 0 Å². The van der Waals surface area contributed by atoms with Gasteiger partial charge in [0, 0.05) is 10.6 Å². The quantitative estimate of drug-likeness (QED) is 0.232. The highest BCUT2D eigenvalue weighted by molar-refractivity contribution is 7.99. The van der Waals surface area contributed by atoms with Crippen molar-refractivity contribution in [1.82, 2.24) is 14.8 Å². The van der Waals surface area contributed by atoms with Crippen LogP contribution in [0.15, 0.2) is 78.0 Å². The van der Waals surface area contributed by atoms with Gasteiger partial charge in [-0.3, -0.25) is 9.36 Å². The minimum Gasteiger partial charge on any atom is -0.486 e. The van der Waals surface area contributed by atoms with E-state index >= 15 is 0 Å². The predicted octanol–water partition coefficient (Wildman–Crippen LogP) is 5.26. The molecule has 9 heteroatoms. The molecule has 1 aromatic heterocycles. The average Bonchev–Trinajstić information content (AvgIpc) is 3.49. The molecule has 0 unspecified atom stereocenters. The third-order valence-electron chi connectivity index (χ3n) is 5.19. The van der Waals surface area contributed by atoms with E-state index in [-0.39, 0.29) is 24.9 Å². The van der Waals surface area contributed by atoms with Crippen molar-refractivity contribution in [2.24, 2.45) is 0 Å². The van der Waals surface area contributed by atoms with Gasteiger partial charge >= 0.3 is 0 Å². The maximum atomic E-state index is 12.8. The Balaban J connectivity index is 1.32. The number of hydrogen-bond acceptors (Lipinski definition) is 7. The summed E-state index contributed by atoms with van der Waals surface area (Å²) in [6.45, 7) is 0.969. The van der Waals surface area contributed by atoms with Gasteiger partial charge in [-0.15, -0.1) is 10.2 Å². The molecule has 0 saturated heterocycles. The van der Waals surface area contributed by atoms with Crippen LogP contribution in [-0.4, -0.2) is 33.1 Å². The molecule has 0 N–H and O–H groups in total. The number of halogens is 1. The Hall–Kier alpha value is -3.49. The van der Waals surface area contributed by atoms with E-state index in [1.807, 2.05) is 34.9 Å². The van der Waals surface area contributed by atoms with Gasteiger partial charge in [-0.05, 0) is 48.0 Å². The third kappa shape index (κ3) is 5.18. The summed E-state index contributed by atoms with van der Waals surface area (Å²) in [5.74, 6) is 2.77. The molecule has 0 radical (unpaired) electrons. The molecule has 0 spiro atoms. The molecule has 172 valence electrons. The van der Waals surface area contributed by atoms with Crippen LogP contribution in [0.25, 0.3) is 0 Å². The van der Waals surface area contributed by atoms with Crippen molar-refractivity contribution >= 4 is 29.1 Å². The summed E-state index contributed by atoms with van der Waals surface area (Å²) in [5.41, 5.74) is 1.66. The molecule has 0 amide bonds. The molecule has 5 rings (SSSR count). The molecule has 0 bridgehead atoms. The van der Waals surface area contributed by atoms with E-state index in [0.717, 1.165) is 5.56 Å². The van der Waals surface area contributed by atoms with Gasteiger partial charge in [-0.25, -0.2) is 0 Å². The van der Waals surface area contributed by atoms with Crippen LogP contribution >= 0.6 is 23.4 Å². The number of ether oxygens (including phenoxy) is 3. The van der Waals surface area contributed by atoms with Gasteiger partial charge in [0.25, 0.3) is 0 Å². The zero-order valence-electron chi connectivity index (χ0n) is 18.0. The molecule has 1 aliphatic heterocycles. The van der Waals surface area contributed by atoms with E-state index in [0.29, 0.717) is 45.4 Å². The maximum Gasteiger partial charge on any atom is 0.231 e. The van der Waals surface area contributed by atoms with E-state index in [9.17, 15) is 4.79 Å². The maximum absolute atomic E-state index is 12.8. The lowest BCUT2D eigenvalue weighted by atomic mass is 10.1. The summed E-state index contributed by atoms with van der Waals surface area (Å²) in [6, 6.07) is 22.4. The molecule has 0 atom stereocenters. The van der Waals surface area contributed by atoms with Crippen LogP contribution in [0.1, 0.15) is 21.7 Å². The normalized spacial score (nSPS) is 12.0. The molecule has 34 heavy (non-hydrogen) atoms. The number of hydrogen-bond donors (Lipinski definition) is 0. The molecule has 1 aliphatic rings. The Bertz CT molecular complexity index is 1300. The van der Waals surface area contributed by atoms with Crippen molar-refractivity contribution in [1.29, 1.82) is 0 Å². The van der Waals surface area contributed by atoms with Gasteiger partial charge < -0.3 is 14.2 Å². The van der Waals surface area contributed by atoms with Crippen molar-refractivity contribution in [3.63, 3.8) is 0 Å². The van der Waals surface area contributed by atoms with E-state index in [2.05, 4.69) is 10.2 Å². The molecule has 0 fully saturated rings. The van der Waals surface area contributed by atoms with Crippen LogP contribution in [0.5, 0.6) is 17.2 Å². The molecule has 3 aromatic carbocycles. The lowest BCUT2D eigenvalue weighted by Gasteiger charge is -2.11. The summed E-state index contributed by atoms with van der Waals surface area (Å²) < 4.78 is 18.6. The number of nitrogens with zero attached hydrogens (tertiary/aromatic N) is 3. The molecule has 0 aliphatic carbocycles. The van der Waals surface area contributed by atoms with E-state index in [1.54, 1.807) is 42.5 Å². The molecule has 2 heterocycles. The Morgan fingerprint density at radius 3 is 2.62 bits per heavy atom. The molecular formula is C25H20ClN3O4S. The predicted molar refractivity (Wildman–Crippen MR) is 129 cm³/mol. The Morgan fingerprint density at radius 1 is 1.00 bits per heavy atom. The number of rotatable bonds is 9. The fourth-order valence-corrected chi connectivity index (χ4v) is 4.40. The number of fused-ring (bicyclic) bond motifs is 1. The first-order valence-electron chi connectivity index (χ1n) is 10.6. The number of ketones is 1. The first-order chi connectivity index (χ1) is 16.7. The minimum absolute atomic E-state index is 0.0310. The van der Waals surface area contributed by atoms with Crippen molar-refractivity contribution in [3.05, 3.63) is 94.8 Å². The highest BCUT2D eigenvalue weighted by Gasteiger charge is 2.19. The number of Topliss-reactive ketones (excluding diaryl/α,β-unsaturated/α-hetero) is 1. The zero-order valence-corrected chi connectivity index (χ0v) is 19.6. The van der Waals surface area contributed by atoms with Crippen molar-refractivity contribution < 1.29 is 19.0 Å².